The van der Waals surface area contributed by atoms with Gasteiger partial charge in [0, 0.05) is 5.41 Å². The van der Waals surface area contributed by atoms with E-state index in [2.05, 4.69) is 111 Å². The average molecular weight is 370 g/mol. The summed E-state index contributed by atoms with van der Waals surface area (Å²) < 4.78 is 0. The van der Waals surface area contributed by atoms with Gasteiger partial charge in [0.05, 0.1) is 0 Å². The maximum absolute atomic E-state index is 2.45. The van der Waals surface area contributed by atoms with Crippen LogP contribution in [0.15, 0.2) is 84.9 Å². The topological polar surface area (TPSA) is 0 Å². The van der Waals surface area contributed by atoms with E-state index in [0.29, 0.717) is 0 Å². The second-order valence-corrected chi connectivity index (χ2v) is 8.66. The molecule has 4 aromatic rings. The summed E-state index contributed by atoms with van der Waals surface area (Å²) >= 11 is 0. The summed E-state index contributed by atoms with van der Waals surface area (Å²) in [5.41, 5.74) is 8.07. The van der Waals surface area contributed by atoms with Crippen LogP contribution in [0.5, 0.6) is 0 Å². The first-order valence-electron chi connectivity index (χ1n) is 10.3. The van der Waals surface area contributed by atoms with Crippen molar-refractivity contribution in [3.05, 3.63) is 128 Å². The zero-order valence-electron chi connectivity index (χ0n) is 16.7. The summed E-state index contributed by atoms with van der Waals surface area (Å²) in [6.45, 7) is 4.71. The van der Waals surface area contributed by atoms with E-state index in [1.807, 2.05) is 0 Å². The van der Waals surface area contributed by atoms with Gasteiger partial charge in [0.1, 0.15) is 0 Å². The van der Waals surface area contributed by atoms with Crippen LogP contribution in [0.2, 0.25) is 0 Å². The van der Waals surface area contributed by atoms with E-state index in [9.17, 15) is 0 Å². The number of rotatable bonds is 1. The Hall–Kier alpha value is -3.38. The zero-order chi connectivity index (χ0) is 19.6. The van der Waals surface area contributed by atoms with Crippen LogP contribution in [0.1, 0.15) is 36.1 Å². The minimum atomic E-state index is -0.0137. The van der Waals surface area contributed by atoms with Crippen molar-refractivity contribution in [2.75, 3.05) is 0 Å². The maximum atomic E-state index is 2.45. The van der Waals surface area contributed by atoms with Gasteiger partial charge in [-0.05, 0) is 78.5 Å². The molecule has 138 valence electrons. The molecule has 0 spiro atoms. The van der Waals surface area contributed by atoms with Gasteiger partial charge in [-0.15, -0.1) is 0 Å². The fourth-order valence-electron chi connectivity index (χ4n) is 5.15. The molecule has 0 radical (unpaired) electrons. The quantitative estimate of drug-likeness (QED) is 0.378. The molecule has 0 unspecified atom stereocenters. The second-order valence-electron chi connectivity index (χ2n) is 8.66. The Morgan fingerprint density at radius 2 is 1.34 bits per heavy atom. The van der Waals surface area contributed by atoms with Crippen molar-refractivity contribution in [2.45, 2.75) is 19.3 Å². The SMILES string of the molecule is CC1(C)c2ccccc2C=c2cc3c(cc21)=c1c(-c2ccccc2)cccc1=C3. The highest BCUT2D eigenvalue weighted by molar-refractivity contribution is 5.71. The molecule has 0 nitrogen and oxygen atoms in total. The smallest absolute Gasteiger partial charge is 0.0158 e. The van der Waals surface area contributed by atoms with Crippen molar-refractivity contribution in [1.82, 2.24) is 0 Å². The lowest BCUT2D eigenvalue weighted by molar-refractivity contribution is 0.629. The minimum Gasteiger partial charge on any atom is -0.0622 e. The summed E-state index contributed by atoms with van der Waals surface area (Å²) in [6.07, 6.45) is 4.70. The first kappa shape index (κ1) is 16.6. The molecule has 29 heavy (non-hydrogen) atoms. The fraction of sp³-hybridized carbons (Fsp3) is 0.103. The van der Waals surface area contributed by atoms with Gasteiger partial charge in [0.15, 0.2) is 0 Å². The highest BCUT2D eigenvalue weighted by Crippen LogP contribution is 2.36. The van der Waals surface area contributed by atoms with Gasteiger partial charge < -0.3 is 0 Å². The van der Waals surface area contributed by atoms with Crippen LogP contribution in [0.25, 0.3) is 23.3 Å². The Balaban J connectivity index is 1.75. The van der Waals surface area contributed by atoms with E-state index < -0.39 is 0 Å². The molecule has 2 aliphatic carbocycles. The zero-order valence-corrected chi connectivity index (χ0v) is 16.7. The van der Waals surface area contributed by atoms with Crippen LogP contribution >= 0.6 is 0 Å². The predicted molar refractivity (Wildman–Crippen MR) is 121 cm³/mol. The maximum Gasteiger partial charge on any atom is 0.0158 e. The molecular weight excluding hydrogens is 348 g/mol. The highest BCUT2D eigenvalue weighted by Gasteiger charge is 2.29. The molecule has 0 fully saturated rings. The Bertz CT molecular complexity index is 1500. The third kappa shape index (κ3) is 2.32. The van der Waals surface area contributed by atoms with Crippen LogP contribution < -0.4 is 10.4 Å². The van der Waals surface area contributed by atoms with Crippen LogP contribution in [0, 0.1) is 10.4 Å². The van der Waals surface area contributed by atoms with Crippen molar-refractivity contribution in [2.24, 2.45) is 0 Å². The highest BCUT2D eigenvalue weighted by atomic mass is 14.3. The molecule has 0 aromatic heterocycles. The summed E-state index contributed by atoms with van der Waals surface area (Å²) in [7, 11) is 0. The lowest BCUT2D eigenvalue weighted by Gasteiger charge is -2.32. The third-order valence-corrected chi connectivity index (χ3v) is 6.60. The Morgan fingerprint density at radius 3 is 2.21 bits per heavy atom. The number of fused-ring (bicyclic) bond motifs is 4. The summed E-state index contributed by atoms with van der Waals surface area (Å²) in [5.74, 6) is 0. The molecule has 0 atom stereocenters. The molecule has 0 amide bonds. The molecule has 0 aliphatic heterocycles. The molecule has 0 saturated carbocycles. The standard InChI is InChI=1S/C29H22/c1-29(2)26-14-7-6-11-20(26)15-23-17-22-16-21-12-8-13-24(19-9-4-3-5-10-19)28(21)25(22)18-27(23)29/h3-18H,1-2H3. The van der Waals surface area contributed by atoms with Crippen molar-refractivity contribution >= 4 is 12.2 Å². The van der Waals surface area contributed by atoms with E-state index in [1.54, 1.807) is 0 Å². The Morgan fingerprint density at radius 1 is 0.586 bits per heavy atom. The van der Waals surface area contributed by atoms with Crippen LogP contribution in [0.4, 0.5) is 0 Å². The van der Waals surface area contributed by atoms with Crippen molar-refractivity contribution < 1.29 is 0 Å². The van der Waals surface area contributed by atoms with Gasteiger partial charge in [-0.2, -0.15) is 0 Å². The molecule has 0 saturated heterocycles. The van der Waals surface area contributed by atoms with Gasteiger partial charge in [-0.25, -0.2) is 0 Å². The molecule has 4 aromatic carbocycles. The van der Waals surface area contributed by atoms with Crippen LogP contribution in [0.3, 0.4) is 0 Å². The molecule has 0 N–H and O–H groups in total. The molecule has 0 heterocycles. The largest absolute Gasteiger partial charge is 0.0622 e. The van der Waals surface area contributed by atoms with Crippen molar-refractivity contribution in [1.29, 1.82) is 0 Å². The summed E-state index contributed by atoms with van der Waals surface area (Å²) in [5, 5.41) is 5.39. The first-order chi connectivity index (χ1) is 14.1. The van der Waals surface area contributed by atoms with Gasteiger partial charge in [-0.1, -0.05) is 86.6 Å². The lowest BCUT2D eigenvalue weighted by atomic mass is 9.72. The fourth-order valence-corrected chi connectivity index (χ4v) is 5.15. The lowest BCUT2D eigenvalue weighted by Crippen LogP contribution is -2.31. The van der Waals surface area contributed by atoms with Gasteiger partial charge in [0.2, 0.25) is 0 Å². The molecule has 0 heteroatoms. The molecule has 6 rings (SSSR count). The average Bonchev–Trinajstić information content (AvgIpc) is 3.11. The van der Waals surface area contributed by atoms with Gasteiger partial charge in [-0.3, -0.25) is 0 Å². The van der Waals surface area contributed by atoms with Gasteiger partial charge in [0.25, 0.3) is 0 Å². The Labute approximate surface area is 170 Å². The predicted octanol–water partition coefficient (Wildman–Crippen LogP) is 5.25. The van der Waals surface area contributed by atoms with Crippen molar-refractivity contribution in [3.63, 3.8) is 0 Å². The molecule has 2 aliphatic rings. The van der Waals surface area contributed by atoms with Crippen LogP contribution in [-0.2, 0) is 5.41 Å². The Kier molecular flexibility index (Phi) is 3.32. The second kappa shape index (κ2) is 5.81. The van der Waals surface area contributed by atoms with Gasteiger partial charge >= 0.3 is 0 Å². The van der Waals surface area contributed by atoms with E-state index >= 15 is 0 Å². The molecule has 0 bridgehead atoms. The van der Waals surface area contributed by atoms with E-state index in [1.165, 1.54) is 54.3 Å². The summed E-state index contributed by atoms with van der Waals surface area (Å²) in [4.78, 5) is 0. The minimum absolute atomic E-state index is 0.0137. The van der Waals surface area contributed by atoms with Crippen molar-refractivity contribution in [3.8, 4) is 11.1 Å². The molecular formula is C29H22. The van der Waals surface area contributed by atoms with E-state index in [-0.39, 0.29) is 5.41 Å². The number of benzene rings is 4. The van der Waals surface area contributed by atoms with Crippen LogP contribution in [-0.4, -0.2) is 0 Å². The third-order valence-electron chi connectivity index (χ3n) is 6.60. The number of hydrogen-bond donors (Lipinski definition) is 0. The summed E-state index contributed by atoms with van der Waals surface area (Å²) in [6, 6.07) is 31.1. The number of hydrogen-bond acceptors (Lipinski definition) is 0. The first-order valence-corrected chi connectivity index (χ1v) is 10.3. The van der Waals surface area contributed by atoms with E-state index in [0.717, 1.165) is 0 Å². The normalized spacial score (nSPS) is 14.7. The van der Waals surface area contributed by atoms with E-state index in [4.69, 9.17) is 0 Å². The monoisotopic (exact) mass is 370 g/mol.